The lowest BCUT2D eigenvalue weighted by Gasteiger charge is -2.32. The SMILES string of the molecule is [2H]C([2H])([2H])C([2H])(C([2H])([2H])[2H])C([2H])([2H])c1cnc(B2OC(C)(C)C(C)(C)O2)cn1. The van der Waals surface area contributed by atoms with E-state index in [4.69, 9.17) is 21.6 Å². The lowest BCUT2D eigenvalue weighted by molar-refractivity contribution is 0.00578. The van der Waals surface area contributed by atoms with Crippen molar-refractivity contribution in [1.29, 1.82) is 0 Å². The fourth-order valence-corrected chi connectivity index (χ4v) is 1.62. The molecule has 2 heterocycles. The van der Waals surface area contributed by atoms with Crippen LogP contribution in [0, 0.1) is 5.89 Å². The van der Waals surface area contributed by atoms with Crippen LogP contribution in [0.25, 0.3) is 0 Å². The molecule has 0 N–H and O–H groups in total. The van der Waals surface area contributed by atoms with Gasteiger partial charge in [0, 0.05) is 24.7 Å². The van der Waals surface area contributed by atoms with E-state index >= 15 is 0 Å². The smallest absolute Gasteiger partial charge is 0.398 e. The van der Waals surface area contributed by atoms with Gasteiger partial charge in [0.25, 0.3) is 0 Å². The van der Waals surface area contributed by atoms with E-state index in [1.807, 2.05) is 27.7 Å². The van der Waals surface area contributed by atoms with Crippen molar-refractivity contribution in [2.75, 3.05) is 0 Å². The Kier molecular flexibility index (Phi) is 1.71. The number of hydrogen-bond acceptors (Lipinski definition) is 4. The summed E-state index contributed by atoms with van der Waals surface area (Å²) in [6.45, 7) is 0.494. The van der Waals surface area contributed by atoms with Gasteiger partial charge in [0.05, 0.1) is 22.5 Å². The zero-order valence-electron chi connectivity index (χ0n) is 20.4. The number of hydrogen-bond donors (Lipinski definition) is 0. The van der Waals surface area contributed by atoms with Gasteiger partial charge in [-0.1, -0.05) is 13.7 Å². The molecule has 0 aliphatic carbocycles. The average Bonchev–Trinajstić information content (AvgIpc) is 2.72. The van der Waals surface area contributed by atoms with Crippen molar-refractivity contribution >= 4 is 12.7 Å². The van der Waals surface area contributed by atoms with Gasteiger partial charge in [-0.15, -0.1) is 0 Å². The molecule has 1 aliphatic rings. The standard InChI is InChI=1S/C14H23BN2O2/c1-10(2)7-11-8-17-12(9-16-11)15-18-13(3,4)14(5,6)19-15/h8-10H,7H2,1-6H3/i1D3,2D3,7D2,10D. The van der Waals surface area contributed by atoms with Crippen LogP contribution >= 0.6 is 0 Å². The van der Waals surface area contributed by atoms with Crippen molar-refractivity contribution in [3.8, 4) is 0 Å². The molecule has 104 valence electrons. The summed E-state index contributed by atoms with van der Waals surface area (Å²) >= 11 is 0. The molecule has 1 aliphatic heterocycles. The second-order valence-corrected chi connectivity index (χ2v) is 5.41. The third kappa shape index (κ3) is 2.98. The van der Waals surface area contributed by atoms with Crippen molar-refractivity contribution in [2.24, 2.45) is 5.89 Å². The maximum atomic E-state index is 8.13. The van der Waals surface area contributed by atoms with Gasteiger partial charge >= 0.3 is 7.12 Å². The second kappa shape index (κ2) is 4.87. The molecule has 1 saturated heterocycles. The summed E-state index contributed by atoms with van der Waals surface area (Å²) in [6, 6.07) is 0. The predicted octanol–water partition coefficient (Wildman–Crippen LogP) is 1.97. The first-order valence-corrected chi connectivity index (χ1v) is 5.96. The van der Waals surface area contributed by atoms with Crippen LogP contribution in [0.2, 0.25) is 0 Å². The maximum Gasteiger partial charge on any atom is 0.516 e. The van der Waals surface area contributed by atoms with Crippen molar-refractivity contribution in [3.05, 3.63) is 18.1 Å². The lowest BCUT2D eigenvalue weighted by atomic mass is 9.85. The molecule has 1 aromatic heterocycles. The van der Waals surface area contributed by atoms with Crippen LogP contribution in [0.5, 0.6) is 0 Å². The Morgan fingerprint density at radius 2 is 1.89 bits per heavy atom. The maximum absolute atomic E-state index is 8.13. The Morgan fingerprint density at radius 3 is 2.37 bits per heavy atom. The van der Waals surface area contributed by atoms with E-state index in [0.717, 1.165) is 12.4 Å². The molecule has 0 bridgehead atoms. The Morgan fingerprint density at radius 1 is 1.26 bits per heavy atom. The summed E-state index contributed by atoms with van der Waals surface area (Å²) < 4.78 is 80.8. The largest absolute Gasteiger partial charge is 0.516 e. The highest BCUT2D eigenvalue weighted by molar-refractivity contribution is 6.61. The molecule has 0 aromatic carbocycles. The van der Waals surface area contributed by atoms with Gasteiger partial charge in [0.2, 0.25) is 0 Å². The van der Waals surface area contributed by atoms with Crippen LogP contribution in [-0.2, 0) is 15.7 Å². The van der Waals surface area contributed by atoms with Crippen LogP contribution in [0.1, 0.15) is 59.4 Å². The van der Waals surface area contributed by atoms with Crippen molar-refractivity contribution < 1.29 is 21.6 Å². The molecule has 0 atom stereocenters. The van der Waals surface area contributed by atoms with Crippen LogP contribution in [0.3, 0.4) is 0 Å². The van der Waals surface area contributed by atoms with Crippen molar-refractivity contribution in [1.82, 2.24) is 9.97 Å². The third-order valence-corrected chi connectivity index (χ3v) is 3.42. The molecule has 19 heavy (non-hydrogen) atoms. The van der Waals surface area contributed by atoms with Crippen LogP contribution in [0.15, 0.2) is 12.4 Å². The topological polar surface area (TPSA) is 44.2 Å². The van der Waals surface area contributed by atoms with Gasteiger partial charge in [0.1, 0.15) is 0 Å². The first kappa shape index (κ1) is 6.68. The number of aromatic nitrogens is 2. The van der Waals surface area contributed by atoms with Crippen molar-refractivity contribution in [3.63, 3.8) is 0 Å². The van der Waals surface area contributed by atoms with E-state index in [0.29, 0.717) is 0 Å². The van der Waals surface area contributed by atoms with Gasteiger partial charge in [-0.2, -0.15) is 0 Å². The Labute approximate surface area is 128 Å². The summed E-state index contributed by atoms with van der Waals surface area (Å²) in [7, 11) is -0.872. The van der Waals surface area contributed by atoms with Crippen LogP contribution in [0.4, 0.5) is 0 Å². The zero-order chi connectivity index (χ0) is 22.0. The Hall–Kier alpha value is -0.935. The predicted molar refractivity (Wildman–Crippen MR) is 76.3 cm³/mol. The molecule has 0 saturated carbocycles. The highest BCUT2D eigenvalue weighted by Gasteiger charge is 2.52. The van der Waals surface area contributed by atoms with Gasteiger partial charge in [0.15, 0.2) is 0 Å². The second-order valence-electron chi connectivity index (χ2n) is 5.41. The Bertz CT molecular complexity index is 702. The van der Waals surface area contributed by atoms with E-state index in [9.17, 15) is 0 Å². The average molecular weight is 271 g/mol. The van der Waals surface area contributed by atoms with Crippen LogP contribution < -0.4 is 5.59 Å². The van der Waals surface area contributed by atoms with Crippen molar-refractivity contribution in [2.45, 2.75) is 59.0 Å². The van der Waals surface area contributed by atoms with Gasteiger partial charge in [-0.05, 0) is 40.0 Å². The Balaban J connectivity index is 2.42. The third-order valence-electron chi connectivity index (χ3n) is 3.42. The summed E-state index contributed by atoms with van der Waals surface area (Å²) in [5.74, 6) is -3.44. The van der Waals surface area contributed by atoms with Gasteiger partial charge in [-0.3, -0.25) is 9.97 Å². The van der Waals surface area contributed by atoms with E-state index in [2.05, 4.69) is 9.97 Å². The fourth-order valence-electron chi connectivity index (χ4n) is 1.62. The van der Waals surface area contributed by atoms with E-state index in [1.165, 1.54) is 0 Å². The quantitative estimate of drug-likeness (QED) is 0.788. The van der Waals surface area contributed by atoms with Crippen LogP contribution in [-0.4, -0.2) is 28.3 Å². The number of nitrogens with zero attached hydrogens (tertiary/aromatic N) is 2. The molecule has 5 heteroatoms. The van der Waals surface area contributed by atoms with E-state index in [1.54, 1.807) is 0 Å². The number of rotatable bonds is 3. The molecule has 0 radical (unpaired) electrons. The molecule has 2 rings (SSSR count). The molecule has 0 spiro atoms. The molecule has 0 unspecified atom stereocenters. The lowest BCUT2D eigenvalue weighted by Crippen LogP contribution is -2.41. The zero-order valence-corrected chi connectivity index (χ0v) is 11.4. The molecular weight excluding hydrogens is 239 g/mol. The fraction of sp³-hybridized carbons (Fsp3) is 0.714. The molecule has 4 nitrogen and oxygen atoms in total. The molecule has 0 amide bonds. The molecular formula is C14H23BN2O2. The summed E-state index contributed by atoms with van der Waals surface area (Å²) in [6.07, 6.45) is -1.08. The summed E-state index contributed by atoms with van der Waals surface area (Å²) in [4.78, 5) is 7.90. The summed E-state index contributed by atoms with van der Waals surface area (Å²) in [5.41, 5.74) is -1.62. The normalized spacial score (nSPS) is 30.7. The van der Waals surface area contributed by atoms with Gasteiger partial charge < -0.3 is 9.31 Å². The van der Waals surface area contributed by atoms with E-state index < -0.39 is 50.0 Å². The highest BCUT2D eigenvalue weighted by atomic mass is 16.7. The highest BCUT2D eigenvalue weighted by Crippen LogP contribution is 2.36. The minimum Gasteiger partial charge on any atom is -0.398 e. The minimum atomic E-state index is -3.44. The summed E-state index contributed by atoms with van der Waals surface area (Å²) in [5, 5.41) is 0. The minimum absolute atomic E-state index is 0.219. The van der Waals surface area contributed by atoms with Gasteiger partial charge in [-0.25, -0.2) is 0 Å². The van der Waals surface area contributed by atoms with E-state index in [-0.39, 0.29) is 5.59 Å². The molecule has 1 fully saturated rings. The monoisotopic (exact) mass is 271 g/mol. The molecule has 1 aromatic rings. The first-order chi connectivity index (χ1) is 12.3. The first-order valence-electron chi connectivity index (χ1n) is 10.5.